The molecule has 3 rings (SSSR count). The van der Waals surface area contributed by atoms with Crippen molar-refractivity contribution in [1.29, 1.82) is 0 Å². The molecule has 0 amide bonds. The second-order valence-electron chi connectivity index (χ2n) is 5.17. The molecule has 0 aliphatic heterocycles. The molecular formula is C20H19NO2. The van der Waals surface area contributed by atoms with Crippen LogP contribution in [0.25, 0.3) is 22.6 Å². The molecule has 0 N–H and O–H groups in total. The van der Waals surface area contributed by atoms with Crippen LogP contribution in [0, 0.1) is 0 Å². The van der Waals surface area contributed by atoms with Crippen LogP contribution < -0.4 is 4.74 Å². The Morgan fingerprint density at radius 2 is 1.61 bits per heavy atom. The average Bonchev–Trinajstić information content (AvgIpc) is 3.05. The molecule has 2 aromatic carbocycles. The standard InChI is InChI=1S/C20H19NO2/c1-2-3-10-15-22-20-21-18(16-11-6-4-7-12-16)19(23-20)17-13-8-5-9-14-17/h2,4-9,11-14H,1,3,10,15H2. The van der Waals surface area contributed by atoms with Gasteiger partial charge in [0.05, 0.1) is 6.61 Å². The minimum atomic E-state index is 0.312. The van der Waals surface area contributed by atoms with Gasteiger partial charge >= 0.3 is 6.08 Å². The van der Waals surface area contributed by atoms with Crippen LogP contribution in [-0.4, -0.2) is 11.6 Å². The summed E-state index contributed by atoms with van der Waals surface area (Å²) in [7, 11) is 0. The van der Waals surface area contributed by atoms with Crippen LogP contribution in [0.5, 0.6) is 6.08 Å². The van der Waals surface area contributed by atoms with Gasteiger partial charge in [-0.25, -0.2) is 0 Å². The Morgan fingerprint density at radius 3 is 2.26 bits per heavy atom. The van der Waals surface area contributed by atoms with E-state index in [4.69, 9.17) is 9.15 Å². The summed E-state index contributed by atoms with van der Waals surface area (Å²) in [5, 5.41) is 0. The molecule has 0 aliphatic rings. The number of aromatic nitrogens is 1. The van der Waals surface area contributed by atoms with Gasteiger partial charge in [-0.3, -0.25) is 0 Å². The highest BCUT2D eigenvalue weighted by atomic mass is 16.6. The van der Waals surface area contributed by atoms with Gasteiger partial charge < -0.3 is 9.15 Å². The molecule has 0 atom stereocenters. The largest absolute Gasteiger partial charge is 0.450 e. The first-order valence-corrected chi connectivity index (χ1v) is 7.74. The SMILES string of the molecule is C=CCCCOc1nc(-c2ccccc2)c(-c2ccccc2)o1. The minimum absolute atomic E-state index is 0.312. The number of hydrogen-bond donors (Lipinski definition) is 0. The van der Waals surface area contributed by atoms with Gasteiger partial charge in [0, 0.05) is 11.1 Å². The topological polar surface area (TPSA) is 35.3 Å². The summed E-state index contributed by atoms with van der Waals surface area (Å²) in [6.45, 7) is 4.27. The zero-order valence-corrected chi connectivity index (χ0v) is 12.9. The molecule has 0 bridgehead atoms. The van der Waals surface area contributed by atoms with E-state index in [0.717, 1.165) is 35.4 Å². The third-order valence-electron chi connectivity index (χ3n) is 3.47. The normalized spacial score (nSPS) is 10.4. The molecule has 0 aliphatic carbocycles. The number of unbranched alkanes of at least 4 members (excludes halogenated alkanes) is 1. The highest BCUT2D eigenvalue weighted by Gasteiger charge is 2.17. The summed E-state index contributed by atoms with van der Waals surface area (Å²) >= 11 is 0. The fourth-order valence-corrected chi connectivity index (χ4v) is 2.33. The molecule has 116 valence electrons. The van der Waals surface area contributed by atoms with Gasteiger partial charge in [-0.05, 0) is 12.8 Å². The van der Waals surface area contributed by atoms with Gasteiger partial charge in [0.15, 0.2) is 5.76 Å². The monoisotopic (exact) mass is 305 g/mol. The highest BCUT2D eigenvalue weighted by molar-refractivity contribution is 5.77. The quantitative estimate of drug-likeness (QED) is 0.436. The Kier molecular flexibility index (Phi) is 4.89. The maximum absolute atomic E-state index is 5.88. The number of allylic oxidation sites excluding steroid dienone is 1. The maximum atomic E-state index is 5.88. The van der Waals surface area contributed by atoms with Gasteiger partial charge in [0.25, 0.3) is 0 Å². The van der Waals surface area contributed by atoms with Crippen molar-refractivity contribution in [1.82, 2.24) is 4.98 Å². The van der Waals surface area contributed by atoms with E-state index < -0.39 is 0 Å². The van der Waals surface area contributed by atoms with Crippen molar-refractivity contribution in [3.63, 3.8) is 0 Å². The second kappa shape index (κ2) is 7.45. The summed E-state index contributed by atoms with van der Waals surface area (Å²) in [5.41, 5.74) is 2.80. The van der Waals surface area contributed by atoms with Crippen molar-refractivity contribution in [3.8, 4) is 28.7 Å². The van der Waals surface area contributed by atoms with Crippen molar-refractivity contribution >= 4 is 0 Å². The molecule has 3 aromatic rings. The zero-order valence-electron chi connectivity index (χ0n) is 12.9. The number of rotatable bonds is 7. The molecule has 1 heterocycles. The van der Waals surface area contributed by atoms with E-state index in [-0.39, 0.29) is 0 Å². The molecule has 0 spiro atoms. The van der Waals surface area contributed by atoms with Gasteiger partial charge in [0.2, 0.25) is 0 Å². The van der Waals surface area contributed by atoms with Crippen LogP contribution in [0.1, 0.15) is 12.8 Å². The number of hydrogen-bond acceptors (Lipinski definition) is 3. The summed E-state index contributed by atoms with van der Waals surface area (Å²) in [5.74, 6) is 0.732. The van der Waals surface area contributed by atoms with E-state index >= 15 is 0 Å². The number of nitrogens with zero attached hydrogens (tertiary/aromatic N) is 1. The Morgan fingerprint density at radius 1 is 0.957 bits per heavy atom. The van der Waals surface area contributed by atoms with Crippen LogP contribution in [0.3, 0.4) is 0 Å². The molecule has 0 radical (unpaired) electrons. The summed E-state index contributed by atoms with van der Waals surface area (Å²) in [4.78, 5) is 4.54. The van der Waals surface area contributed by atoms with E-state index in [9.17, 15) is 0 Å². The first-order valence-electron chi connectivity index (χ1n) is 7.74. The van der Waals surface area contributed by atoms with E-state index in [1.807, 2.05) is 66.7 Å². The van der Waals surface area contributed by atoms with Crippen LogP contribution >= 0.6 is 0 Å². The van der Waals surface area contributed by atoms with Crippen LogP contribution in [0.2, 0.25) is 0 Å². The van der Waals surface area contributed by atoms with E-state index in [1.54, 1.807) is 0 Å². The second-order valence-corrected chi connectivity index (χ2v) is 5.17. The maximum Gasteiger partial charge on any atom is 0.394 e. The first-order chi connectivity index (χ1) is 11.4. The van der Waals surface area contributed by atoms with Gasteiger partial charge in [-0.1, -0.05) is 66.7 Å². The van der Waals surface area contributed by atoms with Crippen LogP contribution in [0.15, 0.2) is 77.7 Å². The lowest BCUT2D eigenvalue weighted by Gasteiger charge is -2.00. The molecule has 0 fully saturated rings. The van der Waals surface area contributed by atoms with Crippen molar-refractivity contribution < 1.29 is 9.15 Å². The fraction of sp³-hybridized carbons (Fsp3) is 0.150. The number of benzene rings is 2. The molecular weight excluding hydrogens is 286 g/mol. The van der Waals surface area contributed by atoms with Crippen molar-refractivity contribution in [3.05, 3.63) is 73.3 Å². The van der Waals surface area contributed by atoms with E-state index in [2.05, 4.69) is 11.6 Å². The summed E-state index contributed by atoms with van der Waals surface area (Å²) in [6.07, 6.45) is 4.00. The predicted molar refractivity (Wildman–Crippen MR) is 92.3 cm³/mol. The van der Waals surface area contributed by atoms with Gasteiger partial charge in [0.1, 0.15) is 5.69 Å². The Hall–Kier alpha value is -2.81. The highest BCUT2D eigenvalue weighted by Crippen LogP contribution is 2.34. The summed E-state index contributed by atoms with van der Waals surface area (Å²) in [6, 6.07) is 20.0. The van der Waals surface area contributed by atoms with E-state index in [0.29, 0.717) is 12.7 Å². The third kappa shape index (κ3) is 3.69. The van der Waals surface area contributed by atoms with Crippen LogP contribution in [-0.2, 0) is 0 Å². The smallest absolute Gasteiger partial charge is 0.394 e. The lowest BCUT2D eigenvalue weighted by molar-refractivity contribution is 0.230. The third-order valence-corrected chi connectivity index (χ3v) is 3.47. The Balaban J connectivity index is 1.92. The van der Waals surface area contributed by atoms with Crippen molar-refractivity contribution in [2.45, 2.75) is 12.8 Å². The van der Waals surface area contributed by atoms with E-state index in [1.165, 1.54) is 0 Å². The molecule has 23 heavy (non-hydrogen) atoms. The molecule has 3 nitrogen and oxygen atoms in total. The zero-order chi connectivity index (χ0) is 15.9. The number of oxazole rings is 1. The fourth-order valence-electron chi connectivity index (χ4n) is 2.33. The lowest BCUT2D eigenvalue weighted by atomic mass is 10.1. The van der Waals surface area contributed by atoms with Gasteiger partial charge in [-0.15, -0.1) is 6.58 Å². The predicted octanol–water partition coefficient (Wildman–Crippen LogP) is 5.35. The Bertz CT molecular complexity index is 691. The van der Waals surface area contributed by atoms with Gasteiger partial charge in [-0.2, -0.15) is 4.98 Å². The molecule has 0 saturated carbocycles. The summed E-state index contributed by atoms with van der Waals surface area (Å²) < 4.78 is 11.5. The molecule has 1 aromatic heterocycles. The minimum Gasteiger partial charge on any atom is -0.450 e. The first kappa shape index (κ1) is 15.1. The molecule has 0 unspecified atom stereocenters. The average molecular weight is 305 g/mol. The number of ether oxygens (including phenoxy) is 1. The van der Waals surface area contributed by atoms with Crippen molar-refractivity contribution in [2.24, 2.45) is 0 Å². The van der Waals surface area contributed by atoms with Crippen LogP contribution in [0.4, 0.5) is 0 Å². The lowest BCUT2D eigenvalue weighted by Crippen LogP contribution is -1.96. The molecule has 0 saturated heterocycles. The van der Waals surface area contributed by atoms with Crippen molar-refractivity contribution in [2.75, 3.05) is 6.61 Å². The Labute approximate surface area is 136 Å². The molecule has 3 heteroatoms.